The summed E-state index contributed by atoms with van der Waals surface area (Å²) in [5.41, 5.74) is 3.84. The van der Waals surface area contributed by atoms with Crippen LogP contribution in [0.2, 0.25) is 0 Å². The molecule has 0 radical (unpaired) electrons. The van der Waals surface area contributed by atoms with Crippen LogP contribution in [0.15, 0.2) is 53.8 Å². The predicted octanol–water partition coefficient (Wildman–Crippen LogP) is 3.63. The topological polar surface area (TPSA) is 52.5 Å². The molecule has 0 unspecified atom stereocenters. The van der Waals surface area contributed by atoms with Gasteiger partial charge in [0.05, 0.1) is 0 Å². The number of para-hydroxylation sites is 1. The fraction of sp³-hybridized carbons (Fsp3) is 0.429. The monoisotopic (exact) mass is 481 g/mol. The average molecular weight is 481 g/mol. The van der Waals surface area contributed by atoms with Crippen LogP contribution in [-0.2, 0) is 6.42 Å². The fourth-order valence-electron chi connectivity index (χ4n) is 2.90. The van der Waals surface area contributed by atoms with Crippen LogP contribution in [0.1, 0.15) is 24.5 Å². The lowest BCUT2D eigenvalue weighted by atomic mass is 10.1. The van der Waals surface area contributed by atoms with E-state index in [9.17, 15) is 0 Å². The maximum absolute atomic E-state index is 4.31. The van der Waals surface area contributed by atoms with Gasteiger partial charge < -0.3 is 15.5 Å². The summed E-state index contributed by atoms with van der Waals surface area (Å²) < 4.78 is 0. The molecule has 0 aliphatic carbocycles. The molecule has 0 spiro atoms. The molecule has 0 fully saturated rings. The maximum atomic E-state index is 4.31. The highest BCUT2D eigenvalue weighted by molar-refractivity contribution is 14.0. The summed E-state index contributed by atoms with van der Waals surface area (Å²) in [6, 6.07) is 12.6. The minimum Gasteiger partial charge on any atom is -0.372 e. The van der Waals surface area contributed by atoms with Crippen LogP contribution in [0.25, 0.3) is 0 Å². The fourth-order valence-corrected chi connectivity index (χ4v) is 2.90. The Hall–Kier alpha value is -1.83. The van der Waals surface area contributed by atoms with Gasteiger partial charge in [-0.25, -0.2) is 0 Å². The van der Waals surface area contributed by atoms with E-state index in [0.29, 0.717) is 0 Å². The number of aromatic nitrogens is 1. The third kappa shape index (κ3) is 8.15. The molecule has 1 aromatic heterocycles. The zero-order valence-electron chi connectivity index (χ0n) is 16.6. The molecule has 2 rings (SSSR count). The van der Waals surface area contributed by atoms with Gasteiger partial charge in [0.25, 0.3) is 0 Å². The Morgan fingerprint density at radius 1 is 1.11 bits per heavy atom. The number of halogens is 1. The first kappa shape index (κ1) is 23.2. The lowest BCUT2D eigenvalue weighted by Crippen LogP contribution is -2.39. The van der Waals surface area contributed by atoms with Gasteiger partial charge in [0, 0.05) is 51.3 Å². The Morgan fingerprint density at radius 2 is 1.85 bits per heavy atom. The van der Waals surface area contributed by atoms with Crippen molar-refractivity contribution in [3.05, 3.63) is 59.9 Å². The smallest absolute Gasteiger partial charge is 0.190 e. The molecule has 0 amide bonds. The van der Waals surface area contributed by atoms with E-state index in [0.717, 1.165) is 45.0 Å². The normalized spacial score (nSPS) is 10.9. The Kier molecular flexibility index (Phi) is 11.5. The first-order chi connectivity index (χ1) is 12.7. The molecular formula is C21H32IN5. The largest absolute Gasteiger partial charge is 0.372 e. The van der Waals surface area contributed by atoms with E-state index in [1.165, 1.54) is 16.8 Å². The van der Waals surface area contributed by atoms with E-state index >= 15 is 0 Å². The van der Waals surface area contributed by atoms with Crippen LogP contribution >= 0.6 is 24.0 Å². The van der Waals surface area contributed by atoms with Crippen molar-refractivity contribution < 1.29 is 0 Å². The first-order valence-electron chi connectivity index (χ1n) is 9.38. The average Bonchev–Trinajstić information content (AvgIpc) is 2.68. The molecule has 1 heterocycles. The van der Waals surface area contributed by atoms with Gasteiger partial charge in [0.2, 0.25) is 0 Å². The number of anilines is 1. The number of benzene rings is 1. The lowest BCUT2D eigenvalue weighted by molar-refractivity contribution is 0.707. The van der Waals surface area contributed by atoms with E-state index in [1.54, 1.807) is 0 Å². The Morgan fingerprint density at radius 3 is 2.52 bits per heavy atom. The van der Waals surface area contributed by atoms with Crippen molar-refractivity contribution in [1.29, 1.82) is 0 Å². The molecule has 148 valence electrons. The first-order valence-corrected chi connectivity index (χ1v) is 9.38. The van der Waals surface area contributed by atoms with Gasteiger partial charge in [-0.05, 0) is 56.0 Å². The van der Waals surface area contributed by atoms with Crippen LogP contribution in [0.5, 0.6) is 0 Å². The highest BCUT2D eigenvalue weighted by Crippen LogP contribution is 2.12. The molecule has 0 bridgehead atoms. The third-order valence-corrected chi connectivity index (χ3v) is 4.45. The van der Waals surface area contributed by atoms with Crippen molar-refractivity contribution in [1.82, 2.24) is 15.6 Å². The molecule has 0 atom stereocenters. The van der Waals surface area contributed by atoms with Crippen LogP contribution in [0, 0.1) is 6.92 Å². The minimum atomic E-state index is 0. The quantitative estimate of drug-likeness (QED) is 0.249. The SMILES string of the molecule is CCN(CCCNC(=NC)NCCc1ccncc1C)c1ccccc1.I. The zero-order valence-corrected chi connectivity index (χ0v) is 18.9. The van der Waals surface area contributed by atoms with Crippen LogP contribution in [0.4, 0.5) is 5.69 Å². The zero-order chi connectivity index (χ0) is 18.6. The van der Waals surface area contributed by atoms with Crippen molar-refractivity contribution in [3.8, 4) is 0 Å². The Bertz CT molecular complexity index is 675. The summed E-state index contributed by atoms with van der Waals surface area (Å²) in [6.45, 7) is 8.10. The van der Waals surface area contributed by atoms with Gasteiger partial charge in [-0.15, -0.1) is 24.0 Å². The molecule has 0 saturated heterocycles. The number of guanidine groups is 1. The molecule has 0 aliphatic heterocycles. The van der Waals surface area contributed by atoms with Crippen molar-refractivity contribution >= 4 is 35.6 Å². The third-order valence-electron chi connectivity index (χ3n) is 4.45. The van der Waals surface area contributed by atoms with Gasteiger partial charge in [0.15, 0.2) is 5.96 Å². The second-order valence-electron chi connectivity index (χ2n) is 6.25. The highest BCUT2D eigenvalue weighted by Gasteiger charge is 2.04. The molecule has 2 aromatic rings. The number of hydrogen-bond acceptors (Lipinski definition) is 3. The highest BCUT2D eigenvalue weighted by atomic mass is 127. The summed E-state index contributed by atoms with van der Waals surface area (Å²) >= 11 is 0. The summed E-state index contributed by atoms with van der Waals surface area (Å²) in [5.74, 6) is 0.861. The summed E-state index contributed by atoms with van der Waals surface area (Å²) in [6.07, 6.45) is 5.79. The summed E-state index contributed by atoms with van der Waals surface area (Å²) in [5, 5.41) is 6.78. The molecule has 0 aliphatic rings. The van der Waals surface area contributed by atoms with Crippen molar-refractivity contribution in [3.63, 3.8) is 0 Å². The van der Waals surface area contributed by atoms with Crippen molar-refractivity contribution in [2.75, 3.05) is 38.1 Å². The second kappa shape index (κ2) is 13.4. The number of pyridine rings is 1. The van der Waals surface area contributed by atoms with Crippen molar-refractivity contribution in [2.24, 2.45) is 4.99 Å². The maximum Gasteiger partial charge on any atom is 0.190 e. The number of aliphatic imine (C=N–C) groups is 1. The Labute approximate surface area is 180 Å². The number of nitrogens with one attached hydrogen (secondary N) is 2. The second-order valence-corrected chi connectivity index (χ2v) is 6.25. The van der Waals surface area contributed by atoms with E-state index in [1.807, 2.05) is 19.4 Å². The van der Waals surface area contributed by atoms with Gasteiger partial charge in [-0.2, -0.15) is 0 Å². The van der Waals surface area contributed by atoms with Gasteiger partial charge >= 0.3 is 0 Å². The Balaban J connectivity index is 0.00000364. The van der Waals surface area contributed by atoms with E-state index in [2.05, 4.69) is 75.8 Å². The van der Waals surface area contributed by atoms with Gasteiger partial charge in [0.1, 0.15) is 0 Å². The van der Waals surface area contributed by atoms with Crippen LogP contribution in [-0.4, -0.2) is 44.2 Å². The number of hydrogen-bond donors (Lipinski definition) is 2. The lowest BCUT2D eigenvalue weighted by Gasteiger charge is -2.23. The molecule has 27 heavy (non-hydrogen) atoms. The molecule has 5 nitrogen and oxygen atoms in total. The predicted molar refractivity (Wildman–Crippen MR) is 126 cm³/mol. The van der Waals surface area contributed by atoms with Gasteiger partial charge in [-0.1, -0.05) is 18.2 Å². The number of aryl methyl sites for hydroxylation is 1. The molecule has 1 aromatic carbocycles. The molecular weight excluding hydrogens is 449 g/mol. The van der Waals surface area contributed by atoms with E-state index < -0.39 is 0 Å². The molecule has 2 N–H and O–H groups in total. The van der Waals surface area contributed by atoms with E-state index in [4.69, 9.17) is 0 Å². The standard InChI is InChI=1S/C21H31N5.HI/c1-4-26(20-9-6-5-7-10-20)16-8-13-24-21(22-3)25-15-12-19-11-14-23-17-18(19)2;/h5-7,9-11,14,17H,4,8,12-13,15-16H2,1-3H3,(H2,22,24,25);1H. The minimum absolute atomic E-state index is 0. The molecule has 6 heteroatoms. The van der Waals surface area contributed by atoms with Crippen LogP contribution in [0.3, 0.4) is 0 Å². The summed E-state index contributed by atoms with van der Waals surface area (Å²) in [4.78, 5) is 10.8. The van der Waals surface area contributed by atoms with Crippen molar-refractivity contribution in [2.45, 2.75) is 26.7 Å². The van der Waals surface area contributed by atoms with Crippen LogP contribution < -0.4 is 15.5 Å². The number of rotatable bonds is 9. The van der Waals surface area contributed by atoms with E-state index in [-0.39, 0.29) is 24.0 Å². The summed E-state index contributed by atoms with van der Waals surface area (Å²) in [7, 11) is 1.81. The molecule has 0 saturated carbocycles. The van der Waals surface area contributed by atoms with Gasteiger partial charge in [-0.3, -0.25) is 9.98 Å². The number of nitrogens with zero attached hydrogens (tertiary/aromatic N) is 3.